The van der Waals surface area contributed by atoms with Gasteiger partial charge in [-0.2, -0.15) is 0 Å². The molecule has 164 valence electrons. The number of carbonyl (C=O) groups excluding carboxylic acids is 2. The molecule has 0 radical (unpaired) electrons. The van der Waals surface area contributed by atoms with Crippen molar-refractivity contribution in [3.8, 4) is 0 Å². The highest BCUT2D eigenvalue weighted by Crippen LogP contribution is 2.29. The summed E-state index contributed by atoms with van der Waals surface area (Å²) in [5.41, 5.74) is 0.592. The van der Waals surface area contributed by atoms with Crippen molar-refractivity contribution in [2.45, 2.75) is 43.6 Å². The van der Waals surface area contributed by atoms with E-state index in [1.165, 1.54) is 0 Å². The van der Waals surface area contributed by atoms with E-state index in [0.717, 1.165) is 0 Å². The number of fused-ring (bicyclic) bond motifs is 1. The number of carbonyl (C=O) groups is 2. The maximum absolute atomic E-state index is 13.2. The van der Waals surface area contributed by atoms with E-state index in [9.17, 15) is 14.7 Å². The number of hydrogen-bond acceptors (Lipinski definition) is 6. The van der Waals surface area contributed by atoms with Crippen LogP contribution >= 0.6 is 0 Å². The van der Waals surface area contributed by atoms with Crippen LogP contribution in [-0.2, 0) is 19.0 Å². The summed E-state index contributed by atoms with van der Waals surface area (Å²) in [4.78, 5) is 29.3. The fraction of sp³-hybridized carbons (Fsp3) is 0.636. The van der Waals surface area contributed by atoms with Crippen LogP contribution in [0.1, 0.15) is 29.6 Å². The van der Waals surface area contributed by atoms with Crippen LogP contribution < -0.4 is 0 Å². The average molecular weight is 418 g/mol. The monoisotopic (exact) mass is 418 g/mol. The van der Waals surface area contributed by atoms with Crippen LogP contribution in [0.15, 0.2) is 30.3 Å². The lowest BCUT2D eigenvalue weighted by Gasteiger charge is -2.44. The Bertz CT molecular complexity index is 724. The predicted octanol–water partition coefficient (Wildman–Crippen LogP) is 0.685. The number of aliphatic hydroxyl groups excluding tert-OH is 1. The van der Waals surface area contributed by atoms with Gasteiger partial charge in [0.05, 0.1) is 51.1 Å². The zero-order valence-corrected chi connectivity index (χ0v) is 17.2. The lowest BCUT2D eigenvalue weighted by Crippen LogP contribution is -2.57. The predicted molar refractivity (Wildman–Crippen MR) is 108 cm³/mol. The molecule has 0 unspecified atom stereocenters. The molecule has 1 aromatic rings. The van der Waals surface area contributed by atoms with Crippen molar-refractivity contribution >= 4 is 11.8 Å². The molecule has 3 heterocycles. The Balaban J connectivity index is 1.43. The summed E-state index contributed by atoms with van der Waals surface area (Å²) in [6, 6.07) is 8.91. The fourth-order valence-electron chi connectivity index (χ4n) is 4.46. The summed E-state index contributed by atoms with van der Waals surface area (Å²) < 4.78 is 17.2. The lowest BCUT2D eigenvalue weighted by atomic mass is 9.94. The molecule has 0 aromatic heterocycles. The maximum Gasteiger partial charge on any atom is 0.254 e. The lowest BCUT2D eigenvalue weighted by molar-refractivity contribution is -0.156. The molecule has 3 aliphatic heterocycles. The van der Waals surface area contributed by atoms with Crippen LogP contribution in [0.2, 0.25) is 0 Å². The normalized spacial score (nSPS) is 30.2. The third-order valence-corrected chi connectivity index (χ3v) is 6.03. The largest absolute Gasteiger partial charge is 0.389 e. The first-order valence-corrected chi connectivity index (χ1v) is 10.7. The number of amides is 2. The van der Waals surface area contributed by atoms with Crippen LogP contribution in [0.4, 0.5) is 0 Å². The van der Waals surface area contributed by atoms with E-state index in [1.807, 2.05) is 23.1 Å². The number of β-amino-alcohol motifs (C(OH)–C–C–N with tert-alkyl or cyclic N) is 1. The van der Waals surface area contributed by atoms with Gasteiger partial charge >= 0.3 is 0 Å². The molecule has 0 bridgehead atoms. The second kappa shape index (κ2) is 9.87. The Kier molecular flexibility index (Phi) is 6.99. The van der Waals surface area contributed by atoms with E-state index in [-0.39, 0.29) is 43.2 Å². The molecule has 3 saturated heterocycles. The van der Waals surface area contributed by atoms with Gasteiger partial charge < -0.3 is 29.1 Å². The minimum atomic E-state index is -0.737. The van der Waals surface area contributed by atoms with Crippen LogP contribution in [0.3, 0.4) is 0 Å². The summed E-state index contributed by atoms with van der Waals surface area (Å²) in [5, 5.41) is 10.3. The third kappa shape index (κ3) is 5.00. The first-order valence-electron chi connectivity index (χ1n) is 10.7. The Morgan fingerprint density at radius 3 is 2.57 bits per heavy atom. The first kappa shape index (κ1) is 21.2. The van der Waals surface area contributed by atoms with E-state index < -0.39 is 6.10 Å². The minimum Gasteiger partial charge on any atom is -0.389 e. The van der Waals surface area contributed by atoms with E-state index in [4.69, 9.17) is 14.2 Å². The minimum absolute atomic E-state index is 0.0844. The topological polar surface area (TPSA) is 88.5 Å². The quantitative estimate of drug-likeness (QED) is 0.777. The molecule has 0 aliphatic carbocycles. The molecule has 8 heteroatoms. The zero-order valence-electron chi connectivity index (χ0n) is 17.2. The van der Waals surface area contributed by atoms with Gasteiger partial charge in [0.15, 0.2) is 0 Å². The molecule has 0 saturated carbocycles. The highest BCUT2D eigenvalue weighted by Gasteiger charge is 2.40. The van der Waals surface area contributed by atoms with Crippen molar-refractivity contribution in [1.82, 2.24) is 9.80 Å². The Labute approximate surface area is 176 Å². The van der Waals surface area contributed by atoms with Gasteiger partial charge in [0.25, 0.3) is 5.91 Å². The molecular weight excluding hydrogens is 388 g/mol. The molecule has 1 aromatic carbocycles. The molecule has 1 N–H and O–H groups in total. The summed E-state index contributed by atoms with van der Waals surface area (Å²) in [5.74, 6) is -0.0286. The third-order valence-electron chi connectivity index (χ3n) is 6.03. The van der Waals surface area contributed by atoms with Crippen molar-refractivity contribution < 1.29 is 28.9 Å². The van der Waals surface area contributed by atoms with Gasteiger partial charge in [0, 0.05) is 25.2 Å². The molecule has 2 amide bonds. The fourth-order valence-corrected chi connectivity index (χ4v) is 4.46. The number of hydrogen-bond donors (Lipinski definition) is 1. The Hall–Kier alpha value is -2.00. The Morgan fingerprint density at radius 1 is 1.03 bits per heavy atom. The number of nitrogens with zero attached hydrogens (tertiary/aromatic N) is 2. The molecule has 4 atom stereocenters. The van der Waals surface area contributed by atoms with Crippen molar-refractivity contribution in [3.05, 3.63) is 35.9 Å². The summed E-state index contributed by atoms with van der Waals surface area (Å²) >= 11 is 0. The van der Waals surface area contributed by atoms with Crippen molar-refractivity contribution in [2.75, 3.05) is 46.1 Å². The standard InChI is InChI=1S/C22H30N2O6/c25-17-13-24(22(27)16-4-2-1-3-5-16)19-7-6-18(30-20(19)15-29-14-17)12-21(26)23-8-10-28-11-9-23/h1-5,17-20,25H,6-15H2/t17-,18-,19-,20+/m1/s1. The van der Waals surface area contributed by atoms with E-state index in [0.29, 0.717) is 57.7 Å². The highest BCUT2D eigenvalue weighted by atomic mass is 16.5. The van der Waals surface area contributed by atoms with Gasteiger partial charge in [-0.25, -0.2) is 0 Å². The zero-order chi connectivity index (χ0) is 20.9. The average Bonchev–Trinajstić information content (AvgIpc) is 2.77. The molecule has 4 rings (SSSR count). The number of ether oxygens (including phenoxy) is 3. The van der Waals surface area contributed by atoms with Gasteiger partial charge in [-0.3, -0.25) is 9.59 Å². The van der Waals surface area contributed by atoms with Gasteiger partial charge in [0.1, 0.15) is 6.10 Å². The molecule has 30 heavy (non-hydrogen) atoms. The second-order valence-electron chi connectivity index (χ2n) is 8.15. The van der Waals surface area contributed by atoms with Gasteiger partial charge in [-0.05, 0) is 25.0 Å². The Morgan fingerprint density at radius 2 is 1.80 bits per heavy atom. The summed E-state index contributed by atoms with van der Waals surface area (Å²) in [7, 11) is 0. The number of aliphatic hydroxyl groups is 1. The van der Waals surface area contributed by atoms with Crippen molar-refractivity contribution in [2.24, 2.45) is 0 Å². The SMILES string of the molecule is O=C(C[C@H]1CC[C@@H]2[C@H](COC[C@H](O)CN2C(=O)c2ccccc2)O1)N1CCOCC1. The molecule has 3 fully saturated rings. The molecule has 3 aliphatic rings. The van der Waals surface area contributed by atoms with E-state index >= 15 is 0 Å². The molecular formula is C22H30N2O6. The first-order chi connectivity index (χ1) is 14.6. The van der Waals surface area contributed by atoms with Crippen LogP contribution in [0, 0.1) is 0 Å². The summed E-state index contributed by atoms with van der Waals surface area (Å²) in [6.45, 7) is 3.06. The molecule has 0 spiro atoms. The second-order valence-corrected chi connectivity index (χ2v) is 8.15. The van der Waals surface area contributed by atoms with E-state index in [1.54, 1.807) is 17.0 Å². The smallest absolute Gasteiger partial charge is 0.254 e. The number of morpholine rings is 1. The van der Waals surface area contributed by atoms with E-state index in [2.05, 4.69) is 0 Å². The van der Waals surface area contributed by atoms with Crippen LogP contribution in [0.25, 0.3) is 0 Å². The maximum atomic E-state index is 13.2. The van der Waals surface area contributed by atoms with Crippen molar-refractivity contribution in [3.63, 3.8) is 0 Å². The summed E-state index contributed by atoms with van der Waals surface area (Å²) in [6.07, 6.45) is 0.481. The van der Waals surface area contributed by atoms with Crippen LogP contribution in [0.5, 0.6) is 0 Å². The van der Waals surface area contributed by atoms with Crippen LogP contribution in [-0.4, -0.2) is 97.1 Å². The number of rotatable bonds is 3. The highest BCUT2D eigenvalue weighted by molar-refractivity contribution is 5.94. The van der Waals surface area contributed by atoms with Gasteiger partial charge in [0.2, 0.25) is 5.91 Å². The van der Waals surface area contributed by atoms with Gasteiger partial charge in [-0.1, -0.05) is 18.2 Å². The van der Waals surface area contributed by atoms with Crippen molar-refractivity contribution in [1.29, 1.82) is 0 Å². The number of benzene rings is 1. The van der Waals surface area contributed by atoms with Gasteiger partial charge in [-0.15, -0.1) is 0 Å². The molecule has 8 nitrogen and oxygen atoms in total.